The fraction of sp³-hybridized carbons (Fsp3) is 0.412. The second-order valence-electron chi connectivity index (χ2n) is 6.16. The zero-order chi connectivity index (χ0) is 17.2. The predicted molar refractivity (Wildman–Crippen MR) is 86.7 cm³/mol. The molecule has 8 heteroatoms. The number of hydrogen-bond donors (Lipinski definition) is 0. The molecule has 3 aromatic heterocycles. The van der Waals surface area contributed by atoms with Gasteiger partial charge in [0, 0.05) is 18.9 Å². The number of hydrogen-bond acceptors (Lipinski definition) is 6. The van der Waals surface area contributed by atoms with Crippen molar-refractivity contribution in [3.05, 3.63) is 53.8 Å². The summed E-state index contributed by atoms with van der Waals surface area (Å²) in [5.74, 6) is 1.94. The molecule has 1 aliphatic rings. The number of likely N-dealkylation sites (tertiary alicyclic amines) is 1. The van der Waals surface area contributed by atoms with Crippen LogP contribution in [0.5, 0.6) is 0 Å². The topological polar surface area (TPSA) is 90.2 Å². The highest BCUT2D eigenvalue weighted by Gasteiger charge is 2.33. The van der Waals surface area contributed by atoms with Gasteiger partial charge in [-0.25, -0.2) is 0 Å². The van der Waals surface area contributed by atoms with Crippen molar-refractivity contribution in [3.8, 4) is 0 Å². The van der Waals surface area contributed by atoms with Gasteiger partial charge in [-0.05, 0) is 44.4 Å². The van der Waals surface area contributed by atoms with Gasteiger partial charge in [0.2, 0.25) is 5.89 Å². The Morgan fingerprint density at radius 2 is 2.28 bits per heavy atom. The fourth-order valence-corrected chi connectivity index (χ4v) is 3.15. The maximum atomic E-state index is 12.9. The van der Waals surface area contributed by atoms with Crippen molar-refractivity contribution >= 4 is 5.91 Å². The lowest BCUT2D eigenvalue weighted by Gasteiger charge is -2.32. The first-order chi connectivity index (χ1) is 12.2. The molecule has 0 radical (unpaired) electrons. The van der Waals surface area contributed by atoms with E-state index in [9.17, 15) is 4.79 Å². The summed E-state index contributed by atoms with van der Waals surface area (Å²) >= 11 is 0. The molecule has 1 amide bonds. The summed E-state index contributed by atoms with van der Waals surface area (Å²) < 4.78 is 12.8. The monoisotopic (exact) mass is 341 g/mol. The van der Waals surface area contributed by atoms with E-state index in [4.69, 9.17) is 8.94 Å². The van der Waals surface area contributed by atoms with Gasteiger partial charge < -0.3 is 13.8 Å². The third-order valence-electron chi connectivity index (χ3n) is 4.34. The molecule has 0 bridgehead atoms. The van der Waals surface area contributed by atoms with Crippen LogP contribution in [0.3, 0.4) is 0 Å². The van der Waals surface area contributed by atoms with E-state index in [0.717, 1.165) is 19.3 Å². The highest BCUT2D eigenvalue weighted by atomic mass is 16.5. The molecule has 25 heavy (non-hydrogen) atoms. The molecule has 0 aromatic carbocycles. The lowest BCUT2D eigenvalue weighted by molar-refractivity contribution is 0.0527. The van der Waals surface area contributed by atoms with Crippen molar-refractivity contribution in [2.75, 3.05) is 6.54 Å². The molecule has 1 atom stereocenters. The SMILES string of the molecule is Cc1noc([C@@H]2CCCCN2C(=O)c2ccc(Cn3cccn3)o2)n1. The van der Waals surface area contributed by atoms with E-state index in [1.54, 1.807) is 28.8 Å². The smallest absolute Gasteiger partial charge is 0.290 e. The van der Waals surface area contributed by atoms with E-state index < -0.39 is 0 Å². The number of carbonyl (C=O) groups is 1. The normalized spacial score (nSPS) is 17.8. The van der Waals surface area contributed by atoms with Crippen LogP contribution in [0.4, 0.5) is 0 Å². The minimum Gasteiger partial charge on any atom is -0.454 e. The third-order valence-corrected chi connectivity index (χ3v) is 4.34. The Labute approximate surface area is 144 Å². The lowest BCUT2D eigenvalue weighted by atomic mass is 10.0. The van der Waals surface area contributed by atoms with E-state index in [2.05, 4.69) is 15.2 Å². The summed E-state index contributed by atoms with van der Waals surface area (Å²) in [5.41, 5.74) is 0. The highest BCUT2D eigenvalue weighted by Crippen LogP contribution is 2.31. The Bertz CT molecular complexity index is 851. The predicted octanol–water partition coefficient (Wildman–Crippen LogP) is 2.58. The largest absolute Gasteiger partial charge is 0.454 e. The van der Waals surface area contributed by atoms with Crippen LogP contribution in [0, 0.1) is 6.92 Å². The second-order valence-corrected chi connectivity index (χ2v) is 6.16. The standard InChI is InChI=1S/C17H19N5O3/c1-12-19-16(25-20-12)14-5-2-3-10-22(14)17(23)15-7-6-13(24-15)11-21-9-4-8-18-21/h4,6-9,14H,2-3,5,10-11H2,1H3/t14-/m0/s1. The first-order valence-corrected chi connectivity index (χ1v) is 8.38. The molecule has 0 N–H and O–H groups in total. The number of piperidine rings is 1. The highest BCUT2D eigenvalue weighted by molar-refractivity contribution is 5.91. The van der Waals surface area contributed by atoms with Crippen molar-refractivity contribution in [2.45, 2.75) is 38.8 Å². The van der Waals surface area contributed by atoms with E-state index in [-0.39, 0.29) is 11.9 Å². The zero-order valence-electron chi connectivity index (χ0n) is 14.0. The van der Waals surface area contributed by atoms with Gasteiger partial charge in [-0.2, -0.15) is 10.1 Å². The number of aromatic nitrogens is 4. The van der Waals surface area contributed by atoms with Crippen LogP contribution in [-0.2, 0) is 6.54 Å². The minimum atomic E-state index is -0.192. The average molecular weight is 341 g/mol. The molecule has 8 nitrogen and oxygen atoms in total. The molecule has 4 rings (SSSR count). The van der Waals surface area contributed by atoms with Crippen molar-refractivity contribution in [3.63, 3.8) is 0 Å². The van der Waals surface area contributed by atoms with Crippen molar-refractivity contribution in [2.24, 2.45) is 0 Å². The van der Waals surface area contributed by atoms with E-state index in [1.165, 1.54) is 0 Å². The number of carbonyl (C=O) groups excluding carboxylic acids is 1. The number of nitrogens with zero attached hydrogens (tertiary/aromatic N) is 5. The van der Waals surface area contributed by atoms with Crippen LogP contribution >= 0.6 is 0 Å². The van der Waals surface area contributed by atoms with E-state index in [1.807, 2.05) is 18.3 Å². The summed E-state index contributed by atoms with van der Waals surface area (Å²) in [6, 6.07) is 5.18. The van der Waals surface area contributed by atoms with Crippen LogP contribution in [0.25, 0.3) is 0 Å². The van der Waals surface area contributed by atoms with Gasteiger partial charge in [-0.1, -0.05) is 5.16 Å². The Morgan fingerprint density at radius 3 is 3.04 bits per heavy atom. The second kappa shape index (κ2) is 6.54. The summed E-state index contributed by atoms with van der Waals surface area (Å²) in [6.45, 7) is 2.92. The number of rotatable bonds is 4. The first kappa shape index (κ1) is 15.6. The summed E-state index contributed by atoms with van der Waals surface area (Å²) in [4.78, 5) is 19.0. The Balaban J connectivity index is 1.53. The molecule has 0 saturated carbocycles. The Morgan fingerprint density at radius 1 is 1.36 bits per heavy atom. The quantitative estimate of drug-likeness (QED) is 0.724. The van der Waals surface area contributed by atoms with Crippen LogP contribution in [0.15, 0.2) is 39.5 Å². The molecule has 0 aliphatic carbocycles. The van der Waals surface area contributed by atoms with Crippen molar-refractivity contribution in [1.29, 1.82) is 0 Å². The molecule has 1 aliphatic heterocycles. The van der Waals surface area contributed by atoms with Crippen LogP contribution in [0.1, 0.15) is 53.3 Å². The van der Waals surface area contributed by atoms with Crippen LogP contribution in [-0.4, -0.2) is 37.3 Å². The Kier molecular flexibility index (Phi) is 4.09. The lowest BCUT2D eigenvalue weighted by Crippen LogP contribution is -2.38. The van der Waals surface area contributed by atoms with Crippen molar-refractivity contribution in [1.82, 2.24) is 24.8 Å². The maximum absolute atomic E-state index is 12.9. The summed E-state index contributed by atoms with van der Waals surface area (Å²) in [5, 5.41) is 7.99. The molecule has 1 saturated heterocycles. The summed E-state index contributed by atoms with van der Waals surface area (Å²) in [6.07, 6.45) is 6.35. The average Bonchev–Trinajstić information content (AvgIpc) is 3.37. The molecule has 130 valence electrons. The van der Waals surface area contributed by atoms with Gasteiger partial charge in [0.25, 0.3) is 5.91 Å². The van der Waals surface area contributed by atoms with E-state index in [0.29, 0.717) is 36.3 Å². The van der Waals surface area contributed by atoms with Gasteiger partial charge >= 0.3 is 0 Å². The third kappa shape index (κ3) is 3.19. The van der Waals surface area contributed by atoms with Gasteiger partial charge in [0.05, 0.1) is 6.54 Å². The van der Waals surface area contributed by atoms with Gasteiger partial charge in [-0.15, -0.1) is 0 Å². The molecule has 1 fully saturated rings. The first-order valence-electron chi connectivity index (χ1n) is 8.38. The maximum Gasteiger partial charge on any atom is 0.290 e. The minimum absolute atomic E-state index is 0.146. The van der Waals surface area contributed by atoms with Crippen LogP contribution < -0.4 is 0 Å². The fourth-order valence-electron chi connectivity index (χ4n) is 3.15. The summed E-state index contributed by atoms with van der Waals surface area (Å²) in [7, 11) is 0. The molecular formula is C17H19N5O3. The number of amides is 1. The molecule has 0 unspecified atom stereocenters. The van der Waals surface area contributed by atoms with Gasteiger partial charge in [0.1, 0.15) is 11.8 Å². The zero-order valence-corrected chi connectivity index (χ0v) is 14.0. The van der Waals surface area contributed by atoms with Gasteiger partial charge in [0.15, 0.2) is 11.6 Å². The van der Waals surface area contributed by atoms with Gasteiger partial charge in [-0.3, -0.25) is 9.48 Å². The van der Waals surface area contributed by atoms with Crippen molar-refractivity contribution < 1.29 is 13.7 Å². The number of aryl methyl sites for hydroxylation is 1. The van der Waals surface area contributed by atoms with Crippen LogP contribution in [0.2, 0.25) is 0 Å². The molecule has 4 heterocycles. The molecule has 3 aromatic rings. The van der Waals surface area contributed by atoms with E-state index >= 15 is 0 Å². The number of furan rings is 1. The Hall–Kier alpha value is -2.90. The molecule has 0 spiro atoms. The molecular weight excluding hydrogens is 322 g/mol.